The van der Waals surface area contributed by atoms with Crippen molar-refractivity contribution in [1.82, 2.24) is 5.32 Å². The van der Waals surface area contributed by atoms with Crippen LogP contribution < -0.4 is 5.32 Å². The van der Waals surface area contributed by atoms with Gasteiger partial charge in [-0.15, -0.1) is 0 Å². The Kier molecular flexibility index (Phi) is 3.08. The minimum absolute atomic E-state index is 0.409. The first-order chi connectivity index (χ1) is 6.75. The highest BCUT2D eigenvalue weighted by atomic mass is 79.9. The van der Waals surface area contributed by atoms with Gasteiger partial charge in [0.05, 0.1) is 0 Å². The van der Waals surface area contributed by atoms with E-state index in [0.717, 1.165) is 29.5 Å². The maximum absolute atomic E-state index is 9.70. The van der Waals surface area contributed by atoms with Gasteiger partial charge in [-0.2, -0.15) is 0 Å². The second-order valence-corrected chi connectivity index (χ2v) is 4.75. The fourth-order valence-corrected chi connectivity index (χ4v) is 2.26. The smallest absolute Gasteiger partial charge is 0.119 e. The molecule has 76 valence electrons. The van der Waals surface area contributed by atoms with E-state index in [1.54, 1.807) is 6.07 Å². The Morgan fingerprint density at radius 2 is 2.36 bits per heavy atom. The second-order valence-electron chi connectivity index (χ2n) is 3.84. The molecule has 0 amide bonds. The van der Waals surface area contributed by atoms with Crippen LogP contribution in [-0.4, -0.2) is 18.2 Å². The first-order valence-electron chi connectivity index (χ1n) is 4.94. The summed E-state index contributed by atoms with van der Waals surface area (Å²) < 4.78 is 0.934. The summed E-state index contributed by atoms with van der Waals surface area (Å²) in [5, 5.41) is 13.0. The molecular formula is C11H14BrNO. The maximum atomic E-state index is 9.70. The monoisotopic (exact) mass is 255 g/mol. The lowest BCUT2D eigenvalue weighted by Crippen LogP contribution is -2.10. The highest BCUT2D eigenvalue weighted by molar-refractivity contribution is 9.10. The molecule has 3 heteroatoms. The Morgan fingerprint density at radius 1 is 1.50 bits per heavy atom. The lowest BCUT2D eigenvalue weighted by molar-refractivity contribution is 0.459. The molecule has 1 aliphatic heterocycles. The zero-order valence-electron chi connectivity index (χ0n) is 7.96. The molecule has 1 atom stereocenters. The molecule has 1 unspecified atom stereocenters. The largest absolute Gasteiger partial charge is 0.508 e. The highest BCUT2D eigenvalue weighted by Gasteiger charge is 2.16. The van der Waals surface area contributed by atoms with Crippen LogP contribution in [0.1, 0.15) is 12.0 Å². The number of hydrogen-bond acceptors (Lipinski definition) is 2. The SMILES string of the molecule is Oc1cc(Br)ccc1CC1CCNC1. The third-order valence-electron chi connectivity index (χ3n) is 2.72. The fraction of sp³-hybridized carbons (Fsp3) is 0.455. The topological polar surface area (TPSA) is 32.3 Å². The number of rotatable bonds is 2. The van der Waals surface area contributed by atoms with Crippen LogP contribution in [-0.2, 0) is 6.42 Å². The van der Waals surface area contributed by atoms with E-state index in [1.165, 1.54) is 6.42 Å². The summed E-state index contributed by atoms with van der Waals surface area (Å²) in [5.74, 6) is 1.09. The number of aromatic hydroxyl groups is 1. The van der Waals surface area contributed by atoms with Crippen molar-refractivity contribution in [1.29, 1.82) is 0 Å². The summed E-state index contributed by atoms with van der Waals surface area (Å²) in [6.07, 6.45) is 2.20. The average Bonchev–Trinajstić information content (AvgIpc) is 2.62. The first-order valence-corrected chi connectivity index (χ1v) is 5.73. The van der Waals surface area contributed by atoms with Crippen LogP contribution in [0.4, 0.5) is 0 Å². The van der Waals surface area contributed by atoms with E-state index in [9.17, 15) is 5.11 Å². The molecule has 1 aromatic rings. The summed E-state index contributed by atoms with van der Waals surface area (Å²) >= 11 is 3.34. The molecule has 0 saturated carbocycles. The van der Waals surface area contributed by atoms with E-state index in [0.29, 0.717) is 11.7 Å². The third kappa shape index (κ3) is 2.28. The van der Waals surface area contributed by atoms with Gasteiger partial charge in [0, 0.05) is 4.47 Å². The average molecular weight is 256 g/mol. The fourth-order valence-electron chi connectivity index (χ4n) is 1.91. The van der Waals surface area contributed by atoms with Crippen molar-refractivity contribution in [2.24, 2.45) is 5.92 Å². The molecule has 0 radical (unpaired) electrons. The molecule has 0 aliphatic carbocycles. The Labute approximate surface area is 92.5 Å². The standard InChI is InChI=1S/C11H14BrNO/c12-10-2-1-9(11(14)6-10)5-8-3-4-13-7-8/h1-2,6,8,13-14H,3-5,7H2. The third-order valence-corrected chi connectivity index (χ3v) is 3.21. The molecule has 1 aliphatic rings. The van der Waals surface area contributed by atoms with Crippen LogP contribution in [0.2, 0.25) is 0 Å². The van der Waals surface area contributed by atoms with E-state index in [-0.39, 0.29) is 0 Å². The molecule has 0 aromatic heterocycles. The Balaban J connectivity index is 2.08. The Bertz CT molecular complexity index is 321. The molecule has 14 heavy (non-hydrogen) atoms. The van der Waals surface area contributed by atoms with E-state index >= 15 is 0 Å². The van der Waals surface area contributed by atoms with Crippen LogP contribution >= 0.6 is 15.9 Å². The molecule has 2 N–H and O–H groups in total. The van der Waals surface area contributed by atoms with Crippen LogP contribution in [0.5, 0.6) is 5.75 Å². The number of nitrogens with one attached hydrogen (secondary N) is 1. The van der Waals surface area contributed by atoms with E-state index in [4.69, 9.17) is 0 Å². The van der Waals surface area contributed by atoms with Gasteiger partial charge in [0.2, 0.25) is 0 Å². The van der Waals surface area contributed by atoms with Crippen LogP contribution in [0.3, 0.4) is 0 Å². The molecule has 1 fully saturated rings. The Morgan fingerprint density at radius 3 is 3.00 bits per heavy atom. The summed E-state index contributed by atoms with van der Waals surface area (Å²) in [5.41, 5.74) is 1.06. The lowest BCUT2D eigenvalue weighted by atomic mass is 9.98. The number of phenols is 1. The predicted molar refractivity (Wildman–Crippen MR) is 60.5 cm³/mol. The minimum atomic E-state index is 0.409. The van der Waals surface area contributed by atoms with Crippen LogP contribution in [0.15, 0.2) is 22.7 Å². The Hall–Kier alpha value is -0.540. The van der Waals surface area contributed by atoms with Gasteiger partial charge < -0.3 is 10.4 Å². The second kappa shape index (κ2) is 4.32. The number of benzene rings is 1. The summed E-state index contributed by atoms with van der Waals surface area (Å²) in [6, 6.07) is 5.74. The minimum Gasteiger partial charge on any atom is -0.508 e. The van der Waals surface area contributed by atoms with E-state index < -0.39 is 0 Å². The molecule has 0 spiro atoms. The van der Waals surface area contributed by atoms with Crippen molar-refractivity contribution < 1.29 is 5.11 Å². The summed E-state index contributed by atoms with van der Waals surface area (Å²) in [7, 11) is 0. The number of phenolic OH excluding ortho intramolecular Hbond substituents is 1. The number of halogens is 1. The van der Waals surface area contributed by atoms with Gasteiger partial charge in [0.1, 0.15) is 5.75 Å². The quantitative estimate of drug-likeness (QED) is 0.851. The van der Waals surface area contributed by atoms with E-state index in [2.05, 4.69) is 21.2 Å². The van der Waals surface area contributed by atoms with Gasteiger partial charge in [0.15, 0.2) is 0 Å². The maximum Gasteiger partial charge on any atom is 0.119 e. The van der Waals surface area contributed by atoms with Crippen LogP contribution in [0.25, 0.3) is 0 Å². The van der Waals surface area contributed by atoms with Gasteiger partial charge in [-0.05, 0) is 49.5 Å². The molecule has 2 rings (SSSR count). The molecular weight excluding hydrogens is 242 g/mol. The summed E-state index contributed by atoms with van der Waals surface area (Å²) in [4.78, 5) is 0. The van der Waals surface area contributed by atoms with Crippen LogP contribution in [0, 0.1) is 5.92 Å². The van der Waals surface area contributed by atoms with Crippen molar-refractivity contribution in [2.75, 3.05) is 13.1 Å². The molecule has 1 heterocycles. The van der Waals surface area contributed by atoms with E-state index in [1.807, 2.05) is 12.1 Å². The van der Waals surface area contributed by atoms with Crippen molar-refractivity contribution in [2.45, 2.75) is 12.8 Å². The zero-order valence-corrected chi connectivity index (χ0v) is 9.55. The van der Waals surface area contributed by atoms with Gasteiger partial charge in [-0.3, -0.25) is 0 Å². The van der Waals surface area contributed by atoms with Gasteiger partial charge in [-0.25, -0.2) is 0 Å². The predicted octanol–water partition coefficient (Wildman–Crippen LogP) is 2.31. The molecule has 1 saturated heterocycles. The van der Waals surface area contributed by atoms with Gasteiger partial charge in [0.25, 0.3) is 0 Å². The normalized spacial score (nSPS) is 21.4. The lowest BCUT2D eigenvalue weighted by Gasteiger charge is -2.09. The highest BCUT2D eigenvalue weighted by Crippen LogP contribution is 2.26. The van der Waals surface area contributed by atoms with Crippen molar-refractivity contribution in [3.05, 3.63) is 28.2 Å². The summed E-state index contributed by atoms with van der Waals surface area (Å²) in [6.45, 7) is 2.19. The molecule has 1 aromatic carbocycles. The molecule has 2 nitrogen and oxygen atoms in total. The van der Waals surface area contributed by atoms with Gasteiger partial charge >= 0.3 is 0 Å². The van der Waals surface area contributed by atoms with Crippen molar-refractivity contribution in [3.63, 3.8) is 0 Å². The number of hydrogen-bond donors (Lipinski definition) is 2. The zero-order chi connectivity index (χ0) is 9.97. The van der Waals surface area contributed by atoms with Crippen molar-refractivity contribution >= 4 is 15.9 Å². The van der Waals surface area contributed by atoms with Crippen molar-refractivity contribution in [3.8, 4) is 5.75 Å². The van der Waals surface area contributed by atoms with Gasteiger partial charge in [-0.1, -0.05) is 22.0 Å². The molecule has 0 bridgehead atoms. The first kappa shape index (κ1) is 9.99.